The van der Waals surface area contributed by atoms with Gasteiger partial charge in [0.25, 0.3) is 0 Å². The van der Waals surface area contributed by atoms with Gasteiger partial charge in [-0.15, -0.1) is 12.4 Å². The highest BCUT2D eigenvalue weighted by Gasteiger charge is 2.17. The molecule has 15 heavy (non-hydrogen) atoms. The van der Waals surface area contributed by atoms with Crippen LogP contribution in [0.1, 0.15) is 38.5 Å². The molecule has 1 saturated carbocycles. The molecule has 1 aliphatic heterocycles. The van der Waals surface area contributed by atoms with Gasteiger partial charge < -0.3 is 10.1 Å². The number of ether oxygens (including phenoxy) is 1. The van der Waals surface area contributed by atoms with Crippen LogP contribution in [-0.4, -0.2) is 26.3 Å². The Morgan fingerprint density at radius 3 is 2.47 bits per heavy atom. The zero-order valence-corrected chi connectivity index (χ0v) is 10.4. The summed E-state index contributed by atoms with van der Waals surface area (Å²) in [5.74, 6) is 1.78. The first-order chi connectivity index (χ1) is 6.95. The molecule has 2 aliphatic rings. The van der Waals surface area contributed by atoms with E-state index in [9.17, 15) is 0 Å². The van der Waals surface area contributed by atoms with Gasteiger partial charge in [0.15, 0.2) is 0 Å². The van der Waals surface area contributed by atoms with E-state index >= 15 is 0 Å². The minimum Gasteiger partial charge on any atom is -0.381 e. The monoisotopic (exact) mass is 233 g/mol. The molecule has 1 atom stereocenters. The summed E-state index contributed by atoms with van der Waals surface area (Å²) in [7, 11) is 0. The van der Waals surface area contributed by atoms with Gasteiger partial charge in [-0.25, -0.2) is 0 Å². The fourth-order valence-corrected chi connectivity index (χ4v) is 2.33. The molecular formula is C12H24ClNO. The molecule has 0 amide bonds. The van der Waals surface area contributed by atoms with Gasteiger partial charge in [0.1, 0.15) is 0 Å². The second-order valence-corrected chi connectivity index (χ2v) is 4.87. The van der Waals surface area contributed by atoms with E-state index < -0.39 is 0 Å². The molecule has 1 saturated heterocycles. The molecule has 1 N–H and O–H groups in total. The van der Waals surface area contributed by atoms with Crippen LogP contribution in [0.2, 0.25) is 0 Å². The van der Waals surface area contributed by atoms with Crippen molar-refractivity contribution in [2.75, 3.05) is 26.3 Å². The average Bonchev–Trinajstić information content (AvgIpc) is 2.16. The lowest BCUT2D eigenvalue weighted by Crippen LogP contribution is -2.30. The third-order valence-corrected chi connectivity index (χ3v) is 3.65. The van der Waals surface area contributed by atoms with Crippen LogP contribution in [-0.2, 0) is 4.74 Å². The van der Waals surface area contributed by atoms with Gasteiger partial charge in [-0.2, -0.15) is 0 Å². The largest absolute Gasteiger partial charge is 0.381 e. The Bertz CT molecular complexity index is 156. The first-order valence-corrected chi connectivity index (χ1v) is 6.23. The lowest BCUT2D eigenvalue weighted by atomic mass is 9.86. The molecule has 3 heteroatoms. The molecule has 1 unspecified atom stereocenters. The number of halogens is 1. The normalized spacial score (nSPS) is 26.8. The maximum atomic E-state index is 5.71. The molecule has 0 radical (unpaired) electrons. The van der Waals surface area contributed by atoms with E-state index in [1.807, 2.05) is 0 Å². The van der Waals surface area contributed by atoms with Crippen LogP contribution >= 0.6 is 12.4 Å². The van der Waals surface area contributed by atoms with Crippen molar-refractivity contribution in [2.45, 2.75) is 38.5 Å². The fraction of sp³-hybridized carbons (Fsp3) is 1.00. The van der Waals surface area contributed by atoms with Gasteiger partial charge in [-0.3, -0.25) is 0 Å². The summed E-state index contributed by atoms with van der Waals surface area (Å²) in [6.07, 6.45) is 8.27. The van der Waals surface area contributed by atoms with E-state index in [-0.39, 0.29) is 12.4 Å². The zero-order chi connectivity index (χ0) is 9.64. The molecule has 2 nitrogen and oxygen atoms in total. The molecule has 1 aliphatic carbocycles. The van der Waals surface area contributed by atoms with Crippen molar-refractivity contribution in [2.24, 2.45) is 11.8 Å². The van der Waals surface area contributed by atoms with E-state index in [1.165, 1.54) is 51.6 Å². The van der Waals surface area contributed by atoms with Crippen LogP contribution in [0.15, 0.2) is 0 Å². The quantitative estimate of drug-likeness (QED) is 0.738. The van der Waals surface area contributed by atoms with E-state index in [2.05, 4.69) is 5.32 Å². The predicted molar refractivity (Wildman–Crippen MR) is 65.6 cm³/mol. The van der Waals surface area contributed by atoms with Crippen molar-refractivity contribution in [3.63, 3.8) is 0 Å². The second-order valence-electron chi connectivity index (χ2n) is 4.87. The molecule has 0 aromatic rings. The highest BCUT2D eigenvalue weighted by Crippen LogP contribution is 2.26. The van der Waals surface area contributed by atoms with E-state index in [0.717, 1.165) is 25.0 Å². The lowest BCUT2D eigenvalue weighted by Gasteiger charge is -2.26. The molecule has 0 aromatic carbocycles. The Labute approximate surface area is 99.6 Å². The summed E-state index contributed by atoms with van der Waals surface area (Å²) in [4.78, 5) is 0. The van der Waals surface area contributed by atoms with Crippen molar-refractivity contribution < 1.29 is 4.74 Å². The SMILES string of the molecule is C1CNCC(CCOCC2CCC2)C1.Cl. The third kappa shape index (κ3) is 4.71. The summed E-state index contributed by atoms with van der Waals surface area (Å²) in [5, 5.41) is 3.45. The van der Waals surface area contributed by atoms with Gasteiger partial charge in [0.05, 0.1) is 0 Å². The Kier molecular flexibility index (Phi) is 6.62. The van der Waals surface area contributed by atoms with Crippen LogP contribution in [0.5, 0.6) is 0 Å². The first-order valence-electron chi connectivity index (χ1n) is 6.23. The van der Waals surface area contributed by atoms with Crippen LogP contribution < -0.4 is 5.32 Å². The average molecular weight is 234 g/mol. The summed E-state index contributed by atoms with van der Waals surface area (Å²) >= 11 is 0. The highest BCUT2D eigenvalue weighted by molar-refractivity contribution is 5.85. The predicted octanol–water partition coefficient (Wildman–Crippen LogP) is 2.61. The first kappa shape index (κ1) is 13.3. The smallest absolute Gasteiger partial charge is 0.0494 e. The van der Waals surface area contributed by atoms with Gasteiger partial charge in [0.2, 0.25) is 0 Å². The minimum atomic E-state index is 0. The van der Waals surface area contributed by atoms with Crippen LogP contribution in [0.4, 0.5) is 0 Å². The Hall–Kier alpha value is 0.210. The van der Waals surface area contributed by atoms with Crippen LogP contribution in [0.25, 0.3) is 0 Å². The molecule has 1 heterocycles. The molecule has 0 spiro atoms. The summed E-state index contributed by atoms with van der Waals surface area (Å²) in [5.41, 5.74) is 0. The molecule has 0 bridgehead atoms. The van der Waals surface area contributed by atoms with E-state index in [0.29, 0.717) is 0 Å². The highest BCUT2D eigenvalue weighted by atomic mass is 35.5. The molecule has 2 rings (SSSR count). The number of piperidine rings is 1. The standard InChI is InChI=1S/C12H23NO.ClH/c1-3-12(4-1)10-14-8-6-11-5-2-7-13-9-11;/h11-13H,1-10H2;1H. The third-order valence-electron chi connectivity index (χ3n) is 3.65. The Morgan fingerprint density at radius 2 is 1.87 bits per heavy atom. The molecule has 90 valence electrons. The van der Waals surface area contributed by atoms with Gasteiger partial charge in [0, 0.05) is 13.2 Å². The summed E-state index contributed by atoms with van der Waals surface area (Å²) in [6, 6.07) is 0. The molecular weight excluding hydrogens is 210 g/mol. The number of rotatable bonds is 5. The minimum absolute atomic E-state index is 0. The Balaban J connectivity index is 0.00000112. The number of hydrogen-bond donors (Lipinski definition) is 1. The molecule has 2 fully saturated rings. The van der Waals surface area contributed by atoms with Gasteiger partial charge in [-0.1, -0.05) is 6.42 Å². The van der Waals surface area contributed by atoms with Crippen molar-refractivity contribution >= 4 is 12.4 Å². The summed E-state index contributed by atoms with van der Waals surface area (Å²) in [6.45, 7) is 4.45. The second kappa shape index (κ2) is 7.48. The van der Waals surface area contributed by atoms with Crippen molar-refractivity contribution in [1.29, 1.82) is 0 Å². The topological polar surface area (TPSA) is 21.3 Å². The van der Waals surface area contributed by atoms with Gasteiger partial charge >= 0.3 is 0 Å². The van der Waals surface area contributed by atoms with Gasteiger partial charge in [-0.05, 0) is 57.0 Å². The summed E-state index contributed by atoms with van der Waals surface area (Å²) < 4.78 is 5.71. The maximum absolute atomic E-state index is 5.71. The van der Waals surface area contributed by atoms with Crippen LogP contribution in [0, 0.1) is 11.8 Å². The Morgan fingerprint density at radius 1 is 1.07 bits per heavy atom. The van der Waals surface area contributed by atoms with Crippen molar-refractivity contribution in [1.82, 2.24) is 5.32 Å². The van der Waals surface area contributed by atoms with Crippen molar-refractivity contribution in [3.05, 3.63) is 0 Å². The van der Waals surface area contributed by atoms with Crippen LogP contribution in [0.3, 0.4) is 0 Å². The zero-order valence-electron chi connectivity index (χ0n) is 9.54. The number of hydrogen-bond acceptors (Lipinski definition) is 2. The van der Waals surface area contributed by atoms with Crippen molar-refractivity contribution in [3.8, 4) is 0 Å². The molecule has 0 aromatic heterocycles. The van der Waals surface area contributed by atoms with E-state index in [4.69, 9.17) is 4.74 Å². The van der Waals surface area contributed by atoms with E-state index in [1.54, 1.807) is 0 Å². The maximum Gasteiger partial charge on any atom is 0.0494 e. The number of nitrogens with one attached hydrogen (secondary N) is 1. The fourth-order valence-electron chi connectivity index (χ4n) is 2.33. The lowest BCUT2D eigenvalue weighted by molar-refractivity contribution is 0.0603.